The molecule has 26 heavy (non-hydrogen) atoms. The number of hydrogen-bond donors (Lipinski definition) is 1. The zero-order valence-corrected chi connectivity index (χ0v) is 15.5. The Labute approximate surface area is 156 Å². The van der Waals surface area contributed by atoms with Crippen LogP contribution in [0.1, 0.15) is 24.8 Å². The molecule has 0 aromatic heterocycles. The summed E-state index contributed by atoms with van der Waals surface area (Å²) in [5.74, 6) is 0.0770. The highest BCUT2D eigenvalue weighted by molar-refractivity contribution is 5.84. The Morgan fingerprint density at radius 3 is 2.65 bits per heavy atom. The molecule has 0 spiro atoms. The maximum absolute atomic E-state index is 12.6. The molecule has 0 bridgehead atoms. The lowest BCUT2D eigenvalue weighted by Crippen LogP contribution is -2.51. The summed E-state index contributed by atoms with van der Waals surface area (Å²) < 4.78 is 0. The topological polar surface area (TPSA) is 55.9 Å². The number of amides is 3. The van der Waals surface area contributed by atoms with E-state index in [0.717, 1.165) is 58.4 Å². The van der Waals surface area contributed by atoms with E-state index in [4.69, 9.17) is 0 Å². The fraction of sp³-hybridized carbons (Fsp3) is 0.600. The average molecular weight is 358 g/mol. The molecule has 142 valence electrons. The molecule has 0 aliphatic carbocycles. The van der Waals surface area contributed by atoms with Crippen molar-refractivity contribution >= 4 is 11.9 Å². The molecule has 3 rings (SSSR count). The standard InChI is InChI=1S/C20H30N4O2/c25-19(17-24-13-5-10-21-20(24)26)23-14-6-12-22(15-16-23)11-4-9-18-7-2-1-3-8-18/h1-3,7-8H,4-6,9-17H2,(H,21,26). The first kappa shape index (κ1) is 18.7. The second kappa shape index (κ2) is 9.57. The van der Waals surface area contributed by atoms with Crippen LogP contribution in [0.5, 0.6) is 0 Å². The molecule has 0 saturated carbocycles. The maximum atomic E-state index is 12.6. The number of hydrogen-bond acceptors (Lipinski definition) is 3. The first-order valence-electron chi connectivity index (χ1n) is 9.79. The van der Waals surface area contributed by atoms with Crippen LogP contribution in [-0.4, -0.2) is 79.0 Å². The summed E-state index contributed by atoms with van der Waals surface area (Å²) in [6.45, 7) is 6.20. The number of benzene rings is 1. The molecule has 2 saturated heterocycles. The first-order chi connectivity index (χ1) is 12.7. The summed E-state index contributed by atoms with van der Waals surface area (Å²) in [5.41, 5.74) is 1.39. The molecule has 6 nitrogen and oxygen atoms in total. The summed E-state index contributed by atoms with van der Waals surface area (Å²) in [6, 6.07) is 10.5. The van der Waals surface area contributed by atoms with Gasteiger partial charge in [0.2, 0.25) is 5.91 Å². The zero-order chi connectivity index (χ0) is 18.2. The normalized spacial score (nSPS) is 19.2. The van der Waals surface area contributed by atoms with Crippen molar-refractivity contribution in [3.8, 4) is 0 Å². The predicted octanol–water partition coefficient (Wildman–Crippen LogP) is 1.57. The number of aryl methyl sites for hydroxylation is 1. The van der Waals surface area contributed by atoms with Gasteiger partial charge >= 0.3 is 6.03 Å². The Hall–Kier alpha value is -2.08. The highest BCUT2D eigenvalue weighted by Crippen LogP contribution is 2.08. The van der Waals surface area contributed by atoms with Crippen molar-refractivity contribution in [3.63, 3.8) is 0 Å². The van der Waals surface area contributed by atoms with Gasteiger partial charge in [0.05, 0.1) is 0 Å². The van der Waals surface area contributed by atoms with E-state index < -0.39 is 0 Å². The lowest BCUT2D eigenvalue weighted by molar-refractivity contribution is -0.131. The number of rotatable bonds is 6. The molecule has 2 aliphatic rings. The zero-order valence-electron chi connectivity index (χ0n) is 15.5. The summed E-state index contributed by atoms with van der Waals surface area (Å²) in [7, 11) is 0. The summed E-state index contributed by atoms with van der Waals surface area (Å²) in [5, 5.41) is 2.80. The van der Waals surface area contributed by atoms with Gasteiger partial charge in [0.25, 0.3) is 0 Å². The van der Waals surface area contributed by atoms with E-state index in [1.807, 2.05) is 4.90 Å². The molecule has 0 atom stereocenters. The van der Waals surface area contributed by atoms with Gasteiger partial charge in [-0.3, -0.25) is 4.79 Å². The van der Waals surface area contributed by atoms with E-state index in [1.54, 1.807) is 4.90 Å². The van der Waals surface area contributed by atoms with Crippen LogP contribution in [0.15, 0.2) is 30.3 Å². The van der Waals surface area contributed by atoms with E-state index in [0.29, 0.717) is 13.1 Å². The van der Waals surface area contributed by atoms with Crippen LogP contribution >= 0.6 is 0 Å². The van der Waals surface area contributed by atoms with Gasteiger partial charge in [-0.15, -0.1) is 0 Å². The molecular weight excluding hydrogens is 328 g/mol. The summed E-state index contributed by atoms with van der Waals surface area (Å²) in [6.07, 6.45) is 4.16. The van der Waals surface area contributed by atoms with Crippen molar-refractivity contribution in [3.05, 3.63) is 35.9 Å². The van der Waals surface area contributed by atoms with Crippen molar-refractivity contribution in [2.45, 2.75) is 25.7 Å². The first-order valence-corrected chi connectivity index (χ1v) is 9.79. The molecule has 3 amide bonds. The largest absolute Gasteiger partial charge is 0.340 e. The monoisotopic (exact) mass is 358 g/mol. The number of carbonyl (C=O) groups excluding carboxylic acids is 2. The smallest absolute Gasteiger partial charge is 0.317 e. The minimum Gasteiger partial charge on any atom is -0.340 e. The van der Waals surface area contributed by atoms with Gasteiger partial charge in [0, 0.05) is 32.7 Å². The minimum absolute atomic E-state index is 0.0770. The van der Waals surface area contributed by atoms with Gasteiger partial charge in [0.15, 0.2) is 0 Å². The van der Waals surface area contributed by atoms with Crippen molar-refractivity contribution in [2.24, 2.45) is 0 Å². The van der Waals surface area contributed by atoms with E-state index in [2.05, 4.69) is 40.5 Å². The van der Waals surface area contributed by atoms with Gasteiger partial charge in [-0.1, -0.05) is 30.3 Å². The van der Waals surface area contributed by atoms with Crippen LogP contribution in [-0.2, 0) is 11.2 Å². The quantitative estimate of drug-likeness (QED) is 0.840. The number of nitrogens with zero attached hydrogens (tertiary/aromatic N) is 3. The van der Waals surface area contributed by atoms with E-state index in [-0.39, 0.29) is 18.5 Å². The van der Waals surface area contributed by atoms with Gasteiger partial charge < -0.3 is 20.0 Å². The van der Waals surface area contributed by atoms with Crippen LogP contribution in [0.3, 0.4) is 0 Å². The fourth-order valence-electron chi connectivity index (χ4n) is 3.69. The summed E-state index contributed by atoms with van der Waals surface area (Å²) in [4.78, 5) is 30.4. The fourth-order valence-corrected chi connectivity index (χ4v) is 3.69. The summed E-state index contributed by atoms with van der Waals surface area (Å²) >= 11 is 0. The molecular formula is C20H30N4O2. The van der Waals surface area contributed by atoms with Crippen molar-refractivity contribution in [1.29, 1.82) is 0 Å². The van der Waals surface area contributed by atoms with Gasteiger partial charge in [-0.2, -0.15) is 0 Å². The Bertz CT molecular complexity index is 593. The number of carbonyl (C=O) groups is 2. The van der Waals surface area contributed by atoms with Crippen molar-refractivity contribution in [1.82, 2.24) is 20.0 Å². The molecule has 0 radical (unpaired) electrons. The van der Waals surface area contributed by atoms with Crippen LogP contribution < -0.4 is 5.32 Å². The van der Waals surface area contributed by atoms with Gasteiger partial charge in [0.1, 0.15) is 6.54 Å². The lowest BCUT2D eigenvalue weighted by Gasteiger charge is -2.29. The van der Waals surface area contributed by atoms with E-state index >= 15 is 0 Å². The SMILES string of the molecule is O=C(CN1CCCNC1=O)N1CCCN(CCCc2ccccc2)CC1. The molecule has 2 aliphatic heterocycles. The molecule has 2 heterocycles. The Balaban J connectivity index is 1.39. The molecule has 0 unspecified atom stereocenters. The molecule has 1 aromatic carbocycles. The Morgan fingerprint density at radius 2 is 1.85 bits per heavy atom. The van der Waals surface area contributed by atoms with Crippen LogP contribution in [0.25, 0.3) is 0 Å². The van der Waals surface area contributed by atoms with Crippen LogP contribution in [0, 0.1) is 0 Å². The van der Waals surface area contributed by atoms with Gasteiger partial charge in [-0.05, 0) is 44.3 Å². The lowest BCUT2D eigenvalue weighted by atomic mass is 10.1. The minimum atomic E-state index is -0.109. The number of nitrogens with one attached hydrogen (secondary N) is 1. The molecule has 6 heteroatoms. The third kappa shape index (κ3) is 5.46. The third-order valence-electron chi connectivity index (χ3n) is 5.22. The highest BCUT2D eigenvalue weighted by atomic mass is 16.2. The van der Waals surface area contributed by atoms with Gasteiger partial charge in [-0.25, -0.2) is 4.79 Å². The second-order valence-corrected chi connectivity index (χ2v) is 7.17. The average Bonchev–Trinajstić information content (AvgIpc) is 2.90. The molecule has 1 aromatic rings. The van der Waals surface area contributed by atoms with Crippen molar-refractivity contribution < 1.29 is 9.59 Å². The van der Waals surface area contributed by atoms with E-state index in [9.17, 15) is 9.59 Å². The van der Waals surface area contributed by atoms with Crippen LogP contribution in [0.2, 0.25) is 0 Å². The van der Waals surface area contributed by atoms with Crippen LogP contribution in [0.4, 0.5) is 4.79 Å². The third-order valence-corrected chi connectivity index (χ3v) is 5.22. The predicted molar refractivity (Wildman–Crippen MR) is 102 cm³/mol. The Morgan fingerprint density at radius 1 is 1.00 bits per heavy atom. The van der Waals surface area contributed by atoms with E-state index in [1.165, 1.54) is 5.56 Å². The molecule has 1 N–H and O–H groups in total. The van der Waals surface area contributed by atoms with Crippen molar-refractivity contribution in [2.75, 3.05) is 52.4 Å². The second-order valence-electron chi connectivity index (χ2n) is 7.17. The maximum Gasteiger partial charge on any atom is 0.317 e. The highest BCUT2D eigenvalue weighted by Gasteiger charge is 2.24. The Kier molecular flexibility index (Phi) is 6.89. The molecule has 2 fully saturated rings. The number of urea groups is 1.